The summed E-state index contributed by atoms with van der Waals surface area (Å²) < 4.78 is 1.21. The number of nitrogens with zero attached hydrogens (tertiary/aromatic N) is 3. The Morgan fingerprint density at radius 2 is 1.93 bits per heavy atom. The molecule has 1 aromatic rings. The standard InChI is InChI=1S/C21H34BrN5.HI/c1-3-23-20(24-11-14-27-13-6-12-26(2)15-16-27)25-17-21(9-10-21)18-7-4-5-8-19(18)22;/h4-5,7-8H,3,6,9-17H2,1-2H3,(H2,23,24,25);1H. The summed E-state index contributed by atoms with van der Waals surface area (Å²) in [5.74, 6) is 0.947. The van der Waals surface area contributed by atoms with Gasteiger partial charge >= 0.3 is 0 Å². The van der Waals surface area contributed by atoms with Crippen LogP contribution in [-0.4, -0.2) is 75.2 Å². The van der Waals surface area contributed by atoms with E-state index in [4.69, 9.17) is 4.99 Å². The Morgan fingerprint density at radius 3 is 2.64 bits per heavy atom. The molecule has 0 aromatic heterocycles. The number of aliphatic imine (C=N–C) groups is 1. The molecule has 1 saturated carbocycles. The zero-order chi connectivity index (χ0) is 19.1. The first kappa shape index (κ1) is 23.9. The lowest BCUT2D eigenvalue weighted by Gasteiger charge is -2.21. The minimum atomic E-state index is 0. The molecule has 0 bridgehead atoms. The Kier molecular flexibility index (Phi) is 10.00. The van der Waals surface area contributed by atoms with Crippen molar-refractivity contribution in [2.45, 2.75) is 31.6 Å². The van der Waals surface area contributed by atoms with Crippen molar-refractivity contribution < 1.29 is 0 Å². The topological polar surface area (TPSA) is 42.9 Å². The molecule has 2 aliphatic rings. The van der Waals surface area contributed by atoms with Crippen LogP contribution in [0.15, 0.2) is 33.7 Å². The molecule has 3 rings (SSSR count). The number of hydrogen-bond acceptors (Lipinski definition) is 3. The molecule has 7 heteroatoms. The highest BCUT2D eigenvalue weighted by molar-refractivity contribution is 14.0. The smallest absolute Gasteiger partial charge is 0.191 e. The highest BCUT2D eigenvalue weighted by atomic mass is 127. The van der Waals surface area contributed by atoms with Gasteiger partial charge in [-0.05, 0) is 58.0 Å². The van der Waals surface area contributed by atoms with E-state index in [1.54, 1.807) is 0 Å². The number of halogens is 2. The molecule has 1 aliphatic heterocycles. The van der Waals surface area contributed by atoms with Gasteiger partial charge in [0.1, 0.15) is 0 Å². The fourth-order valence-corrected chi connectivity index (χ4v) is 4.49. The highest BCUT2D eigenvalue weighted by Gasteiger charge is 2.45. The number of likely N-dealkylation sites (N-methyl/N-ethyl adjacent to an activating group) is 1. The molecule has 2 fully saturated rings. The third-order valence-electron chi connectivity index (χ3n) is 5.72. The van der Waals surface area contributed by atoms with Crippen LogP contribution in [-0.2, 0) is 5.41 Å². The van der Waals surface area contributed by atoms with E-state index in [0.717, 1.165) is 38.7 Å². The van der Waals surface area contributed by atoms with Gasteiger partial charge in [0.2, 0.25) is 0 Å². The molecule has 0 atom stereocenters. The molecule has 1 aromatic carbocycles. The number of benzene rings is 1. The zero-order valence-corrected chi connectivity index (χ0v) is 21.1. The molecule has 1 heterocycles. The van der Waals surface area contributed by atoms with Crippen LogP contribution in [0.4, 0.5) is 0 Å². The summed E-state index contributed by atoms with van der Waals surface area (Å²) in [6.45, 7) is 10.6. The molecule has 2 N–H and O–H groups in total. The van der Waals surface area contributed by atoms with Crippen LogP contribution in [0, 0.1) is 0 Å². The van der Waals surface area contributed by atoms with Crippen molar-refractivity contribution in [3.63, 3.8) is 0 Å². The summed E-state index contributed by atoms with van der Waals surface area (Å²) in [5, 5.41) is 6.94. The Morgan fingerprint density at radius 1 is 1.14 bits per heavy atom. The van der Waals surface area contributed by atoms with Crippen LogP contribution >= 0.6 is 39.9 Å². The molecular formula is C21H35BrIN5. The van der Waals surface area contributed by atoms with Crippen LogP contribution < -0.4 is 10.6 Å². The Hall–Kier alpha value is -0.380. The van der Waals surface area contributed by atoms with Gasteiger partial charge in [-0.25, -0.2) is 0 Å². The highest BCUT2D eigenvalue weighted by Crippen LogP contribution is 2.50. The van der Waals surface area contributed by atoms with Gasteiger partial charge < -0.3 is 20.4 Å². The first-order valence-electron chi connectivity index (χ1n) is 10.3. The van der Waals surface area contributed by atoms with Crippen LogP contribution in [0.3, 0.4) is 0 Å². The largest absolute Gasteiger partial charge is 0.357 e. The lowest BCUT2D eigenvalue weighted by Crippen LogP contribution is -2.42. The molecule has 158 valence electrons. The van der Waals surface area contributed by atoms with E-state index in [1.807, 2.05) is 0 Å². The van der Waals surface area contributed by atoms with E-state index in [-0.39, 0.29) is 29.4 Å². The Balaban J connectivity index is 0.00000280. The summed E-state index contributed by atoms with van der Waals surface area (Å²) in [6.07, 6.45) is 3.71. The van der Waals surface area contributed by atoms with Crippen LogP contribution in [0.25, 0.3) is 0 Å². The van der Waals surface area contributed by atoms with Gasteiger partial charge in [-0.1, -0.05) is 34.1 Å². The van der Waals surface area contributed by atoms with Crippen molar-refractivity contribution in [1.82, 2.24) is 20.4 Å². The maximum Gasteiger partial charge on any atom is 0.191 e. The zero-order valence-electron chi connectivity index (χ0n) is 17.2. The molecule has 5 nitrogen and oxygen atoms in total. The van der Waals surface area contributed by atoms with Gasteiger partial charge in [0.05, 0.1) is 6.54 Å². The monoisotopic (exact) mass is 563 g/mol. The molecular weight excluding hydrogens is 529 g/mol. The average molecular weight is 564 g/mol. The summed E-state index contributed by atoms with van der Waals surface area (Å²) in [7, 11) is 2.22. The van der Waals surface area contributed by atoms with E-state index in [9.17, 15) is 0 Å². The second-order valence-electron chi connectivity index (χ2n) is 7.88. The van der Waals surface area contributed by atoms with E-state index >= 15 is 0 Å². The SMILES string of the molecule is CCNC(=NCC1(c2ccccc2Br)CC1)NCCN1CCCN(C)CC1.I. The minimum absolute atomic E-state index is 0. The predicted octanol–water partition coefficient (Wildman–Crippen LogP) is 3.29. The summed E-state index contributed by atoms with van der Waals surface area (Å²) in [5.41, 5.74) is 1.62. The molecule has 0 amide bonds. The van der Waals surface area contributed by atoms with Crippen molar-refractivity contribution in [2.75, 3.05) is 59.4 Å². The summed E-state index contributed by atoms with van der Waals surface area (Å²) in [6, 6.07) is 8.59. The van der Waals surface area contributed by atoms with Crippen molar-refractivity contribution in [3.05, 3.63) is 34.3 Å². The quantitative estimate of drug-likeness (QED) is 0.303. The lowest BCUT2D eigenvalue weighted by atomic mass is 9.96. The minimum Gasteiger partial charge on any atom is -0.357 e. The molecule has 1 aliphatic carbocycles. The maximum absolute atomic E-state index is 4.93. The average Bonchev–Trinajstić information content (AvgIpc) is 3.46. The fraction of sp³-hybridized carbons (Fsp3) is 0.667. The summed E-state index contributed by atoms with van der Waals surface area (Å²) >= 11 is 3.72. The third kappa shape index (κ3) is 6.85. The number of nitrogens with one attached hydrogen (secondary N) is 2. The van der Waals surface area contributed by atoms with Gasteiger partial charge in [0.25, 0.3) is 0 Å². The first-order chi connectivity index (χ1) is 13.1. The van der Waals surface area contributed by atoms with Crippen molar-refractivity contribution in [2.24, 2.45) is 4.99 Å². The molecule has 0 spiro atoms. The van der Waals surface area contributed by atoms with Gasteiger partial charge in [-0.15, -0.1) is 24.0 Å². The number of guanidine groups is 1. The van der Waals surface area contributed by atoms with Gasteiger partial charge in [0.15, 0.2) is 5.96 Å². The van der Waals surface area contributed by atoms with E-state index in [0.29, 0.717) is 0 Å². The molecule has 0 unspecified atom stereocenters. The van der Waals surface area contributed by atoms with E-state index < -0.39 is 0 Å². The van der Waals surface area contributed by atoms with Crippen molar-refractivity contribution >= 4 is 45.9 Å². The van der Waals surface area contributed by atoms with Gasteiger partial charge in [0, 0.05) is 42.6 Å². The summed E-state index contributed by atoms with van der Waals surface area (Å²) in [4.78, 5) is 9.91. The van der Waals surface area contributed by atoms with Crippen LogP contribution in [0.1, 0.15) is 31.7 Å². The maximum atomic E-state index is 4.93. The lowest BCUT2D eigenvalue weighted by molar-refractivity contribution is 0.280. The van der Waals surface area contributed by atoms with Gasteiger partial charge in [-0.2, -0.15) is 0 Å². The van der Waals surface area contributed by atoms with Crippen LogP contribution in [0.2, 0.25) is 0 Å². The molecule has 1 saturated heterocycles. The number of hydrogen-bond donors (Lipinski definition) is 2. The number of rotatable bonds is 7. The second-order valence-corrected chi connectivity index (χ2v) is 8.73. The first-order valence-corrected chi connectivity index (χ1v) is 11.1. The second kappa shape index (κ2) is 11.7. The molecule has 28 heavy (non-hydrogen) atoms. The van der Waals surface area contributed by atoms with E-state index in [2.05, 4.69) is 74.6 Å². The third-order valence-corrected chi connectivity index (χ3v) is 6.41. The Labute approximate surface area is 195 Å². The Bertz CT molecular complexity index is 635. The van der Waals surface area contributed by atoms with E-state index in [1.165, 1.54) is 48.9 Å². The van der Waals surface area contributed by atoms with Crippen LogP contribution in [0.5, 0.6) is 0 Å². The predicted molar refractivity (Wildman–Crippen MR) is 133 cm³/mol. The van der Waals surface area contributed by atoms with Gasteiger partial charge in [-0.3, -0.25) is 4.99 Å². The van der Waals surface area contributed by atoms with Crippen molar-refractivity contribution in [3.8, 4) is 0 Å². The normalized spacial score (nSPS) is 20.2. The fourth-order valence-electron chi connectivity index (χ4n) is 3.78. The molecule has 0 radical (unpaired) electrons. The van der Waals surface area contributed by atoms with Crippen molar-refractivity contribution in [1.29, 1.82) is 0 Å².